The van der Waals surface area contributed by atoms with Gasteiger partial charge in [0.2, 0.25) is 0 Å². The molecule has 0 saturated carbocycles. The number of fused-ring (bicyclic) bond motifs is 1. The molecule has 1 amide bonds. The second-order valence-corrected chi connectivity index (χ2v) is 7.23. The van der Waals surface area contributed by atoms with Gasteiger partial charge in [-0.3, -0.25) is 24.2 Å². The number of carbonyl (C=O) groups excluding carboxylic acids is 3. The zero-order chi connectivity index (χ0) is 18.1. The van der Waals surface area contributed by atoms with Gasteiger partial charge in [0.15, 0.2) is 0 Å². The summed E-state index contributed by atoms with van der Waals surface area (Å²) in [5.74, 6) is -1.17. The molecule has 0 spiro atoms. The SMILES string of the molecule is CCOC(=O)C1CCN(CN2C(=O)C(=O)c3c2ccc(C)c3Br)CC1. The summed E-state index contributed by atoms with van der Waals surface area (Å²) in [5, 5.41) is 0. The van der Waals surface area contributed by atoms with E-state index in [-0.39, 0.29) is 11.9 Å². The molecule has 6 nitrogen and oxygen atoms in total. The minimum absolute atomic E-state index is 0.0730. The lowest BCUT2D eigenvalue weighted by atomic mass is 9.97. The van der Waals surface area contributed by atoms with E-state index in [9.17, 15) is 14.4 Å². The minimum Gasteiger partial charge on any atom is -0.466 e. The molecule has 0 N–H and O–H groups in total. The summed E-state index contributed by atoms with van der Waals surface area (Å²) in [5.41, 5.74) is 2.03. The van der Waals surface area contributed by atoms with Gasteiger partial charge in [0, 0.05) is 17.6 Å². The Morgan fingerprint density at radius 2 is 1.96 bits per heavy atom. The van der Waals surface area contributed by atoms with Crippen LogP contribution in [-0.4, -0.2) is 48.9 Å². The first-order valence-electron chi connectivity index (χ1n) is 8.48. The molecule has 0 unspecified atom stereocenters. The molecule has 1 saturated heterocycles. The molecular formula is C18H21BrN2O4. The number of benzene rings is 1. The van der Waals surface area contributed by atoms with Crippen LogP contribution in [0.1, 0.15) is 35.7 Å². The summed E-state index contributed by atoms with van der Waals surface area (Å²) in [6.07, 6.45) is 1.42. The van der Waals surface area contributed by atoms with Crippen molar-refractivity contribution in [2.45, 2.75) is 26.7 Å². The summed E-state index contributed by atoms with van der Waals surface area (Å²) >= 11 is 3.43. The Labute approximate surface area is 155 Å². The largest absolute Gasteiger partial charge is 0.466 e. The standard InChI is InChI=1S/C18H21BrN2O4/c1-3-25-18(24)12-6-8-20(9-7-12)10-21-13-5-4-11(2)15(19)14(13)16(22)17(21)23/h4-5,12H,3,6-10H2,1-2H3. The molecule has 0 bridgehead atoms. The van der Waals surface area contributed by atoms with Crippen LogP contribution in [0.25, 0.3) is 0 Å². The second-order valence-electron chi connectivity index (χ2n) is 6.44. The monoisotopic (exact) mass is 408 g/mol. The van der Waals surface area contributed by atoms with E-state index in [2.05, 4.69) is 20.8 Å². The first-order chi connectivity index (χ1) is 11.9. The zero-order valence-corrected chi connectivity index (χ0v) is 16.0. The number of hydrogen-bond donors (Lipinski definition) is 0. The predicted molar refractivity (Wildman–Crippen MR) is 96.5 cm³/mol. The summed E-state index contributed by atoms with van der Waals surface area (Å²) < 4.78 is 5.77. The highest BCUT2D eigenvalue weighted by Crippen LogP contribution is 2.36. The highest BCUT2D eigenvalue weighted by molar-refractivity contribution is 9.10. The van der Waals surface area contributed by atoms with Crippen molar-refractivity contribution in [2.75, 3.05) is 31.3 Å². The van der Waals surface area contributed by atoms with Crippen molar-refractivity contribution >= 4 is 39.3 Å². The molecule has 1 fully saturated rings. The van der Waals surface area contributed by atoms with Crippen molar-refractivity contribution in [3.8, 4) is 0 Å². The number of ketones is 1. The first kappa shape index (κ1) is 18.1. The van der Waals surface area contributed by atoms with E-state index in [1.54, 1.807) is 6.92 Å². The number of anilines is 1. The van der Waals surface area contributed by atoms with Gasteiger partial charge in [0.25, 0.3) is 5.78 Å². The fraction of sp³-hybridized carbons (Fsp3) is 0.500. The number of Topliss-reactive ketones (excluding diaryl/α,β-unsaturated/α-hetero) is 1. The van der Waals surface area contributed by atoms with Gasteiger partial charge in [-0.15, -0.1) is 0 Å². The third kappa shape index (κ3) is 3.35. The van der Waals surface area contributed by atoms with Crippen LogP contribution in [0.4, 0.5) is 5.69 Å². The van der Waals surface area contributed by atoms with E-state index in [1.165, 1.54) is 4.90 Å². The Kier molecular flexibility index (Phi) is 5.24. The van der Waals surface area contributed by atoms with E-state index in [0.29, 0.717) is 54.9 Å². The number of ether oxygens (including phenoxy) is 1. The normalized spacial score (nSPS) is 18.6. The molecule has 2 aliphatic rings. The van der Waals surface area contributed by atoms with Gasteiger partial charge in [0.1, 0.15) is 0 Å². The maximum atomic E-state index is 12.4. The second kappa shape index (κ2) is 7.25. The van der Waals surface area contributed by atoms with E-state index < -0.39 is 11.7 Å². The molecule has 1 aromatic rings. The zero-order valence-electron chi connectivity index (χ0n) is 14.4. The van der Waals surface area contributed by atoms with Crippen molar-refractivity contribution in [1.82, 2.24) is 4.90 Å². The molecule has 25 heavy (non-hydrogen) atoms. The third-order valence-corrected chi connectivity index (χ3v) is 5.84. The van der Waals surface area contributed by atoms with Crippen LogP contribution in [0, 0.1) is 12.8 Å². The van der Waals surface area contributed by atoms with Crippen LogP contribution in [0.3, 0.4) is 0 Å². The minimum atomic E-state index is -0.492. The number of nitrogens with zero attached hydrogens (tertiary/aromatic N) is 2. The number of aryl methyl sites for hydroxylation is 1. The molecule has 0 aromatic heterocycles. The van der Waals surface area contributed by atoms with Crippen molar-refractivity contribution in [1.29, 1.82) is 0 Å². The van der Waals surface area contributed by atoms with Crippen LogP contribution < -0.4 is 4.90 Å². The number of rotatable bonds is 4. The van der Waals surface area contributed by atoms with Gasteiger partial charge in [-0.25, -0.2) is 0 Å². The Morgan fingerprint density at radius 1 is 1.28 bits per heavy atom. The van der Waals surface area contributed by atoms with Crippen molar-refractivity contribution < 1.29 is 19.1 Å². The number of likely N-dealkylation sites (tertiary alicyclic amines) is 1. The Hall–Kier alpha value is -1.73. The fourth-order valence-corrected chi connectivity index (χ4v) is 3.88. The van der Waals surface area contributed by atoms with Crippen molar-refractivity contribution in [2.24, 2.45) is 5.92 Å². The van der Waals surface area contributed by atoms with Crippen LogP contribution in [0.2, 0.25) is 0 Å². The smallest absolute Gasteiger partial charge is 0.309 e. The lowest BCUT2D eigenvalue weighted by Gasteiger charge is -2.33. The predicted octanol–water partition coefficient (Wildman–Crippen LogP) is 2.52. The van der Waals surface area contributed by atoms with Crippen LogP contribution in [0.15, 0.2) is 16.6 Å². The van der Waals surface area contributed by atoms with E-state index in [0.717, 1.165) is 5.56 Å². The van der Waals surface area contributed by atoms with Gasteiger partial charge in [0.05, 0.1) is 30.4 Å². The average molecular weight is 409 g/mol. The Morgan fingerprint density at radius 3 is 2.60 bits per heavy atom. The quantitative estimate of drug-likeness (QED) is 0.565. The summed E-state index contributed by atoms with van der Waals surface area (Å²) in [7, 11) is 0. The topological polar surface area (TPSA) is 66.9 Å². The number of amides is 1. The fourth-order valence-electron chi connectivity index (χ4n) is 3.36. The van der Waals surface area contributed by atoms with Crippen LogP contribution in [-0.2, 0) is 14.3 Å². The van der Waals surface area contributed by atoms with Gasteiger partial charge in [-0.05, 0) is 54.2 Å². The summed E-state index contributed by atoms with van der Waals surface area (Å²) in [4.78, 5) is 40.2. The highest BCUT2D eigenvalue weighted by Gasteiger charge is 2.39. The van der Waals surface area contributed by atoms with Gasteiger partial charge >= 0.3 is 11.9 Å². The number of esters is 1. The molecule has 2 aliphatic heterocycles. The number of hydrogen-bond acceptors (Lipinski definition) is 5. The number of carbonyl (C=O) groups is 3. The van der Waals surface area contributed by atoms with Gasteiger partial charge < -0.3 is 4.74 Å². The van der Waals surface area contributed by atoms with Crippen LogP contribution in [0.5, 0.6) is 0 Å². The van der Waals surface area contributed by atoms with Crippen molar-refractivity contribution in [3.63, 3.8) is 0 Å². The molecule has 0 radical (unpaired) electrons. The van der Waals surface area contributed by atoms with Crippen molar-refractivity contribution in [3.05, 3.63) is 27.7 Å². The number of piperidine rings is 1. The van der Waals surface area contributed by atoms with E-state index >= 15 is 0 Å². The van der Waals surface area contributed by atoms with E-state index in [4.69, 9.17) is 4.74 Å². The Balaban J connectivity index is 1.69. The van der Waals surface area contributed by atoms with Crippen LogP contribution >= 0.6 is 15.9 Å². The van der Waals surface area contributed by atoms with E-state index in [1.807, 2.05) is 19.1 Å². The molecule has 2 heterocycles. The third-order valence-electron chi connectivity index (χ3n) is 4.82. The molecule has 7 heteroatoms. The van der Waals surface area contributed by atoms with Gasteiger partial charge in [-0.2, -0.15) is 0 Å². The lowest BCUT2D eigenvalue weighted by Crippen LogP contribution is -2.45. The summed E-state index contributed by atoms with van der Waals surface area (Å²) in [6.45, 7) is 5.86. The highest BCUT2D eigenvalue weighted by atomic mass is 79.9. The number of halogens is 1. The average Bonchev–Trinajstić information content (AvgIpc) is 2.84. The molecule has 3 rings (SSSR count). The molecule has 0 atom stereocenters. The molecular weight excluding hydrogens is 388 g/mol. The summed E-state index contributed by atoms with van der Waals surface area (Å²) in [6, 6.07) is 3.72. The molecule has 0 aliphatic carbocycles. The first-order valence-corrected chi connectivity index (χ1v) is 9.27. The van der Waals surface area contributed by atoms with Gasteiger partial charge in [-0.1, -0.05) is 6.07 Å². The lowest BCUT2D eigenvalue weighted by molar-refractivity contribution is -0.149. The molecule has 134 valence electrons. The Bertz CT molecular complexity index is 726. The maximum absolute atomic E-state index is 12.4. The molecule has 1 aromatic carbocycles. The maximum Gasteiger partial charge on any atom is 0.309 e.